The summed E-state index contributed by atoms with van der Waals surface area (Å²) in [4.78, 5) is 0. The lowest BCUT2D eigenvalue weighted by atomic mass is 9.97. The molecule has 0 atom stereocenters. The van der Waals surface area contributed by atoms with Gasteiger partial charge in [0.1, 0.15) is 0 Å². The molecule has 1 aromatic rings. The van der Waals surface area contributed by atoms with Crippen molar-refractivity contribution in [3.8, 4) is 0 Å². The van der Waals surface area contributed by atoms with Gasteiger partial charge in [-0.3, -0.25) is 0 Å². The quantitative estimate of drug-likeness (QED) is 0.338. The highest BCUT2D eigenvalue weighted by Crippen LogP contribution is 2.47. The zero-order chi connectivity index (χ0) is 16.3. The Kier molecular flexibility index (Phi) is 3.78. The maximum absolute atomic E-state index is 14.5. The highest BCUT2D eigenvalue weighted by Gasteiger charge is 2.59. The minimum atomic E-state index is -3.00. The number of benzene rings is 1. The number of hydrogen-bond acceptors (Lipinski definition) is 1. The second kappa shape index (κ2) is 4.81. The lowest BCUT2D eigenvalue weighted by molar-refractivity contribution is 0.103. The lowest BCUT2D eigenvalue weighted by Gasteiger charge is -2.37. The van der Waals surface area contributed by atoms with Crippen molar-refractivity contribution in [2.75, 3.05) is 0 Å². The van der Waals surface area contributed by atoms with Gasteiger partial charge < -0.3 is 4.43 Å². The summed E-state index contributed by atoms with van der Waals surface area (Å²) in [5.41, 5.74) is -1.53. The van der Waals surface area contributed by atoms with Gasteiger partial charge in [-0.2, -0.15) is 0 Å². The molecule has 118 valence electrons. The second-order valence-electron chi connectivity index (χ2n) is 6.72. The van der Waals surface area contributed by atoms with Crippen molar-refractivity contribution in [1.82, 2.24) is 0 Å². The first-order valence-electron chi connectivity index (χ1n) is 7.05. The molecular formula is C15H20F4OSi. The van der Waals surface area contributed by atoms with Crippen molar-refractivity contribution in [2.24, 2.45) is 0 Å². The van der Waals surface area contributed by atoms with Crippen LogP contribution in [0.25, 0.3) is 0 Å². The molecule has 1 aromatic carbocycles. The molecule has 0 N–H and O–H groups in total. The Morgan fingerprint density at radius 1 is 0.810 bits per heavy atom. The molecule has 0 aliphatic carbocycles. The predicted octanol–water partition coefficient (Wildman–Crippen LogP) is 4.48. The third-order valence-corrected chi connectivity index (χ3v) is 9.93. The van der Waals surface area contributed by atoms with E-state index in [4.69, 9.17) is 4.43 Å². The van der Waals surface area contributed by atoms with Gasteiger partial charge in [0.2, 0.25) is 8.32 Å². The summed E-state index contributed by atoms with van der Waals surface area (Å²) in [7, 11) is -3.00. The maximum Gasteiger partial charge on any atom is 0.233 e. The molecule has 0 unspecified atom stereocenters. The SMILES string of the molecule is CC(C)[Si]1(C(C)C)OC(C)(C)c2c(F)c(F)c(F)c(F)c21. The first kappa shape index (κ1) is 16.5. The molecule has 0 fully saturated rings. The molecule has 0 amide bonds. The van der Waals surface area contributed by atoms with Crippen LogP contribution in [0.2, 0.25) is 11.1 Å². The Bertz CT molecular complexity index is 588. The summed E-state index contributed by atoms with van der Waals surface area (Å²) in [6.07, 6.45) is 0. The predicted molar refractivity (Wildman–Crippen MR) is 76.0 cm³/mol. The van der Waals surface area contributed by atoms with Crippen molar-refractivity contribution >= 4 is 13.5 Å². The Hall–Kier alpha value is -0.883. The van der Waals surface area contributed by atoms with E-state index in [1.54, 1.807) is 13.8 Å². The van der Waals surface area contributed by atoms with E-state index in [2.05, 4.69) is 0 Å². The molecule has 1 aliphatic heterocycles. The van der Waals surface area contributed by atoms with Crippen molar-refractivity contribution in [1.29, 1.82) is 0 Å². The monoisotopic (exact) mass is 320 g/mol. The molecule has 2 rings (SSSR count). The molecular weight excluding hydrogens is 300 g/mol. The van der Waals surface area contributed by atoms with Crippen LogP contribution in [0.4, 0.5) is 17.6 Å². The van der Waals surface area contributed by atoms with Crippen molar-refractivity contribution < 1.29 is 22.0 Å². The minimum absolute atomic E-state index is 0.0473. The van der Waals surface area contributed by atoms with Gasteiger partial charge in [0.05, 0.1) is 5.60 Å². The Balaban J connectivity index is 2.97. The molecule has 0 aromatic heterocycles. The topological polar surface area (TPSA) is 9.23 Å². The Labute approximate surface area is 123 Å². The summed E-state index contributed by atoms with van der Waals surface area (Å²) in [5.74, 6) is -6.13. The van der Waals surface area contributed by atoms with Crippen LogP contribution in [-0.4, -0.2) is 8.32 Å². The molecule has 0 spiro atoms. The standard InChI is InChI=1S/C15H20F4OSi/c1-7(2)21(8(3)4)14-9(15(5,6)20-21)10(16)11(17)12(18)13(14)19/h7-8H,1-6H3. The number of fused-ring (bicyclic) bond motifs is 1. The Morgan fingerprint density at radius 3 is 1.67 bits per heavy atom. The fourth-order valence-corrected chi connectivity index (χ4v) is 8.83. The van der Waals surface area contributed by atoms with Gasteiger partial charge in [-0.1, -0.05) is 27.7 Å². The molecule has 6 heteroatoms. The molecule has 0 saturated carbocycles. The van der Waals surface area contributed by atoms with E-state index in [9.17, 15) is 17.6 Å². The fraction of sp³-hybridized carbons (Fsp3) is 0.600. The van der Waals surface area contributed by atoms with Crippen LogP contribution in [0.15, 0.2) is 0 Å². The van der Waals surface area contributed by atoms with Crippen molar-refractivity contribution in [3.63, 3.8) is 0 Å². The minimum Gasteiger partial charge on any atom is -0.403 e. The summed E-state index contributed by atoms with van der Waals surface area (Å²) in [6, 6.07) is 0. The average Bonchev–Trinajstić information content (AvgIpc) is 2.63. The maximum atomic E-state index is 14.5. The second-order valence-corrected chi connectivity index (χ2v) is 11.3. The largest absolute Gasteiger partial charge is 0.403 e. The van der Waals surface area contributed by atoms with Crippen molar-refractivity contribution in [2.45, 2.75) is 58.2 Å². The zero-order valence-corrected chi connectivity index (χ0v) is 14.1. The van der Waals surface area contributed by atoms with E-state index in [1.165, 1.54) is 0 Å². The first-order valence-corrected chi connectivity index (χ1v) is 9.11. The average molecular weight is 320 g/mol. The number of hydrogen-bond donors (Lipinski definition) is 0. The zero-order valence-electron chi connectivity index (χ0n) is 13.1. The van der Waals surface area contributed by atoms with Gasteiger partial charge >= 0.3 is 0 Å². The highest BCUT2D eigenvalue weighted by molar-refractivity contribution is 6.90. The van der Waals surface area contributed by atoms with E-state index in [0.29, 0.717) is 0 Å². The van der Waals surface area contributed by atoms with Crippen LogP contribution in [-0.2, 0) is 10.0 Å². The molecule has 21 heavy (non-hydrogen) atoms. The van der Waals surface area contributed by atoms with E-state index < -0.39 is 37.2 Å². The summed E-state index contributed by atoms with van der Waals surface area (Å²) in [6.45, 7) is 10.6. The van der Waals surface area contributed by atoms with Crippen LogP contribution < -0.4 is 5.19 Å². The van der Waals surface area contributed by atoms with Gasteiger partial charge in [-0.05, 0) is 24.9 Å². The number of halogens is 4. The van der Waals surface area contributed by atoms with Crippen LogP contribution in [0.5, 0.6) is 0 Å². The van der Waals surface area contributed by atoms with Crippen LogP contribution in [0.3, 0.4) is 0 Å². The van der Waals surface area contributed by atoms with E-state index >= 15 is 0 Å². The molecule has 1 heterocycles. The summed E-state index contributed by atoms with van der Waals surface area (Å²) < 4.78 is 62.2. The number of rotatable bonds is 2. The fourth-order valence-electron chi connectivity index (χ4n) is 3.57. The third-order valence-electron chi connectivity index (χ3n) is 4.40. The third kappa shape index (κ3) is 1.99. The van der Waals surface area contributed by atoms with Gasteiger partial charge in [0.25, 0.3) is 0 Å². The molecule has 1 nitrogen and oxygen atoms in total. The smallest absolute Gasteiger partial charge is 0.233 e. The van der Waals surface area contributed by atoms with Crippen LogP contribution in [0.1, 0.15) is 47.1 Å². The van der Waals surface area contributed by atoms with E-state index in [0.717, 1.165) is 0 Å². The van der Waals surface area contributed by atoms with Crippen LogP contribution in [0, 0.1) is 23.3 Å². The van der Waals surface area contributed by atoms with Gasteiger partial charge in [-0.25, -0.2) is 17.6 Å². The molecule has 0 saturated heterocycles. The first-order chi connectivity index (χ1) is 9.48. The van der Waals surface area contributed by atoms with Gasteiger partial charge in [0.15, 0.2) is 23.3 Å². The van der Waals surface area contributed by atoms with E-state index in [-0.39, 0.29) is 21.8 Å². The van der Waals surface area contributed by atoms with Gasteiger partial charge in [0, 0.05) is 10.8 Å². The van der Waals surface area contributed by atoms with Crippen LogP contribution >= 0.6 is 0 Å². The summed E-state index contributed by atoms with van der Waals surface area (Å²) >= 11 is 0. The molecule has 1 aliphatic rings. The van der Waals surface area contributed by atoms with Crippen molar-refractivity contribution in [3.05, 3.63) is 28.8 Å². The normalized spacial score (nSPS) is 19.4. The van der Waals surface area contributed by atoms with Gasteiger partial charge in [-0.15, -0.1) is 0 Å². The molecule has 0 radical (unpaired) electrons. The van der Waals surface area contributed by atoms with E-state index in [1.807, 2.05) is 27.7 Å². The Morgan fingerprint density at radius 2 is 1.24 bits per heavy atom. The molecule has 0 bridgehead atoms. The highest BCUT2D eigenvalue weighted by atomic mass is 28.4. The lowest BCUT2D eigenvalue weighted by Crippen LogP contribution is -2.54. The summed E-state index contributed by atoms with van der Waals surface area (Å²) in [5, 5.41) is -0.0473.